The molecule has 1 amide bonds. The highest BCUT2D eigenvalue weighted by Crippen LogP contribution is 2.23. The van der Waals surface area contributed by atoms with Crippen LogP contribution in [-0.4, -0.2) is 62.5 Å². The third-order valence-electron chi connectivity index (χ3n) is 6.57. The van der Waals surface area contributed by atoms with E-state index in [1.165, 1.54) is 0 Å². The largest absolute Gasteiger partial charge is 0.478 e. The lowest BCUT2D eigenvalue weighted by Gasteiger charge is -2.34. The zero-order valence-corrected chi connectivity index (χ0v) is 20.3. The van der Waals surface area contributed by atoms with E-state index in [-0.39, 0.29) is 11.5 Å². The van der Waals surface area contributed by atoms with E-state index >= 15 is 0 Å². The molecule has 0 saturated carbocycles. The molecule has 0 bridgehead atoms. The lowest BCUT2D eigenvalue weighted by atomic mass is 10.1. The Bertz CT molecular complexity index is 1420. The molecule has 184 valence electrons. The highest BCUT2D eigenvalue weighted by atomic mass is 16.5. The number of amides is 1. The number of nitrogens with zero attached hydrogens (tertiary/aromatic N) is 4. The number of imidazole rings is 1. The van der Waals surface area contributed by atoms with Gasteiger partial charge in [0, 0.05) is 38.8 Å². The molecule has 1 fully saturated rings. The number of ether oxygens (including phenoxy) is 1. The summed E-state index contributed by atoms with van der Waals surface area (Å²) >= 11 is 0. The molecule has 1 saturated heterocycles. The van der Waals surface area contributed by atoms with Gasteiger partial charge in [0.2, 0.25) is 0 Å². The molecule has 1 aromatic heterocycles. The number of carbonyl (C=O) groups is 2. The van der Waals surface area contributed by atoms with Gasteiger partial charge in [0.25, 0.3) is 5.91 Å². The van der Waals surface area contributed by atoms with Crippen molar-refractivity contribution in [3.63, 3.8) is 0 Å². The number of aromatic nitrogens is 2. The summed E-state index contributed by atoms with van der Waals surface area (Å²) < 4.78 is 7.84. The number of carboxylic acid groups (broad SMARTS) is 1. The standard InChI is InChI=1S/C28H28N4O4/c1-19-4-3-5-23(16-19)36-22-9-6-20(7-10-22)27(33)32-14-12-31(13-15-32)18-26-29-24-11-8-21(28(34)35)17-25(24)30(26)2/h3-11,16-17H,12-15,18H2,1-2H3,(H,34,35). The van der Waals surface area contributed by atoms with Crippen molar-refractivity contribution in [1.82, 2.24) is 19.4 Å². The summed E-state index contributed by atoms with van der Waals surface area (Å²) in [7, 11) is 1.91. The molecule has 5 rings (SSSR count). The molecule has 0 radical (unpaired) electrons. The van der Waals surface area contributed by atoms with Crippen LogP contribution in [0.5, 0.6) is 11.5 Å². The normalized spacial score (nSPS) is 14.2. The smallest absolute Gasteiger partial charge is 0.335 e. The van der Waals surface area contributed by atoms with Gasteiger partial charge in [-0.05, 0) is 67.1 Å². The number of benzene rings is 3. The summed E-state index contributed by atoms with van der Waals surface area (Å²) in [6.07, 6.45) is 0. The van der Waals surface area contributed by atoms with E-state index < -0.39 is 5.97 Å². The minimum Gasteiger partial charge on any atom is -0.478 e. The van der Waals surface area contributed by atoms with Crippen LogP contribution >= 0.6 is 0 Å². The van der Waals surface area contributed by atoms with E-state index in [4.69, 9.17) is 4.74 Å². The Morgan fingerprint density at radius 1 is 0.917 bits per heavy atom. The van der Waals surface area contributed by atoms with Crippen LogP contribution < -0.4 is 4.74 Å². The van der Waals surface area contributed by atoms with E-state index in [2.05, 4.69) is 9.88 Å². The number of fused-ring (bicyclic) bond motifs is 1. The highest BCUT2D eigenvalue weighted by Gasteiger charge is 2.23. The molecule has 0 spiro atoms. The molecule has 36 heavy (non-hydrogen) atoms. The third kappa shape index (κ3) is 4.94. The topological polar surface area (TPSA) is 87.9 Å². The number of carboxylic acids is 1. The quantitative estimate of drug-likeness (QED) is 0.438. The van der Waals surface area contributed by atoms with Gasteiger partial charge in [-0.15, -0.1) is 0 Å². The van der Waals surface area contributed by atoms with E-state index in [0.29, 0.717) is 30.9 Å². The van der Waals surface area contributed by atoms with Crippen LogP contribution in [0.3, 0.4) is 0 Å². The van der Waals surface area contributed by atoms with Crippen LogP contribution in [0.15, 0.2) is 66.7 Å². The van der Waals surface area contributed by atoms with Crippen LogP contribution in [0.25, 0.3) is 11.0 Å². The zero-order valence-electron chi connectivity index (χ0n) is 20.3. The van der Waals surface area contributed by atoms with Crippen molar-refractivity contribution in [3.05, 3.63) is 89.2 Å². The fourth-order valence-corrected chi connectivity index (χ4v) is 4.49. The highest BCUT2D eigenvalue weighted by molar-refractivity contribution is 5.94. The maximum Gasteiger partial charge on any atom is 0.335 e. The molecule has 4 aromatic rings. The molecule has 8 heteroatoms. The SMILES string of the molecule is Cc1cccc(Oc2ccc(C(=O)N3CCN(Cc4nc5ccc(C(=O)O)cc5n4C)CC3)cc2)c1. The Labute approximate surface area is 209 Å². The Balaban J connectivity index is 1.18. The van der Waals surface area contributed by atoms with Crippen LogP contribution in [0.2, 0.25) is 0 Å². The Kier molecular flexibility index (Phi) is 6.43. The predicted octanol–water partition coefficient (Wildman–Crippen LogP) is 4.33. The first kappa shape index (κ1) is 23.6. The minimum atomic E-state index is -0.950. The first-order chi connectivity index (χ1) is 17.4. The molecule has 0 aliphatic carbocycles. The average molecular weight is 485 g/mol. The summed E-state index contributed by atoms with van der Waals surface area (Å²) in [6, 6.07) is 20.1. The molecule has 1 aliphatic heterocycles. The second-order valence-corrected chi connectivity index (χ2v) is 9.11. The van der Waals surface area contributed by atoms with Crippen LogP contribution in [0, 0.1) is 6.92 Å². The summed E-state index contributed by atoms with van der Waals surface area (Å²) in [6.45, 7) is 5.40. The van der Waals surface area contributed by atoms with Gasteiger partial charge in [0.1, 0.15) is 17.3 Å². The third-order valence-corrected chi connectivity index (χ3v) is 6.57. The summed E-state index contributed by atoms with van der Waals surface area (Å²) in [4.78, 5) is 33.2. The number of aromatic carboxylic acids is 1. The number of carbonyl (C=O) groups excluding carboxylic acids is 1. The molecule has 0 atom stereocenters. The van der Waals surface area contributed by atoms with E-state index in [0.717, 1.165) is 41.3 Å². The lowest BCUT2D eigenvalue weighted by molar-refractivity contribution is 0.0623. The second kappa shape index (κ2) is 9.83. The van der Waals surface area contributed by atoms with Gasteiger partial charge in [-0.25, -0.2) is 9.78 Å². The molecule has 2 heterocycles. The monoisotopic (exact) mass is 484 g/mol. The fourth-order valence-electron chi connectivity index (χ4n) is 4.49. The summed E-state index contributed by atoms with van der Waals surface area (Å²) in [5, 5.41) is 9.26. The van der Waals surface area contributed by atoms with Crippen molar-refractivity contribution in [2.45, 2.75) is 13.5 Å². The number of piperazine rings is 1. The van der Waals surface area contributed by atoms with Crippen molar-refractivity contribution in [2.75, 3.05) is 26.2 Å². The molecule has 1 N–H and O–H groups in total. The number of hydrogen-bond acceptors (Lipinski definition) is 5. The predicted molar refractivity (Wildman–Crippen MR) is 137 cm³/mol. The van der Waals surface area contributed by atoms with Gasteiger partial charge >= 0.3 is 5.97 Å². The van der Waals surface area contributed by atoms with Crippen LogP contribution in [-0.2, 0) is 13.6 Å². The van der Waals surface area contributed by atoms with Crippen LogP contribution in [0.1, 0.15) is 32.1 Å². The van der Waals surface area contributed by atoms with Crippen molar-refractivity contribution in [3.8, 4) is 11.5 Å². The van der Waals surface area contributed by atoms with Gasteiger partial charge in [-0.1, -0.05) is 12.1 Å². The Hall–Kier alpha value is -4.17. The molecule has 8 nitrogen and oxygen atoms in total. The molecular weight excluding hydrogens is 456 g/mol. The summed E-state index contributed by atoms with van der Waals surface area (Å²) in [5.74, 6) is 1.40. The van der Waals surface area contributed by atoms with Crippen molar-refractivity contribution in [1.29, 1.82) is 0 Å². The Morgan fingerprint density at radius 2 is 1.64 bits per heavy atom. The molecule has 3 aromatic carbocycles. The number of rotatable bonds is 6. The fraction of sp³-hybridized carbons (Fsp3) is 0.250. The maximum absolute atomic E-state index is 13.0. The second-order valence-electron chi connectivity index (χ2n) is 9.11. The minimum absolute atomic E-state index is 0.0145. The average Bonchev–Trinajstić information content (AvgIpc) is 3.19. The van der Waals surface area contributed by atoms with Gasteiger partial charge < -0.3 is 19.3 Å². The van der Waals surface area contributed by atoms with E-state index in [1.807, 2.05) is 72.0 Å². The van der Waals surface area contributed by atoms with Crippen molar-refractivity contribution < 1.29 is 19.4 Å². The van der Waals surface area contributed by atoms with Crippen molar-refractivity contribution in [2.24, 2.45) is 7.05 Å². The Morgan fingerprint density at radius 3 is 2.33 bits per heavy atom. The van der Waals surface area contributed by atoms with Gasteiger partial charge in [-0.2, -0.15) is 0 Å². The van der Waals surface area contributed by atoms with E-state index in [1.54, 1.807) is 18.2 Å². The summed E-state index contributed by atoms with van der Waals surface area (Å²) in [5.41, 5.74) is 3.60. The van der Waals surface area contributed by atoms with E-state index in [9.17, 15) is 14.7 Å². The first-order valence-corrected chi connectivity index (χ1v) is 11.9. The maximum atomic E-state index is 13.0. The van der Waals surface area contributed by atoms with Crippen LogP contribution in [0.4, 0.5) is 0 Å². The zero-order chi connectivity index (χ0) is 25.2. The van der Waals surface area contributed by atoms with Gasteiger partial charge in [0.15, 0.2) is 0 Å². The van der Waals surface area contributed by atoms with Gasteiger partial charge in [-0.3, -0.25) is 9.69 Å². The molecule has 0 unspecified atom stereocenters. The van der Waals surface area contributed by atoms with Gasteiger partial charge in [0.05, 0.1) is 23.1 Å². The number of hydrogen-bond donors (Lipinski definition) is 1. The first-order valence-electron chi connectivity index (χ1n) is 11.9. The van der Waals surface area contributed by atoms with Crippen molar-refractivity contribution >= 4 is 22.9 Å². The molecular formula is C28H28N4O4. The molecule has 1 aliphatic rings. The number of aryl methyl sites for hydroxylation is 2. The lowest BCUT2D eigenvalue weighted by Crippen LogP contribution is -2.48.